The van der Waals surface area contributed by atoms with Crippen LogP contribution in [0.25, 0.3) is 0 Å². The molecule has 88 valence electrons. The van der Waals surface area contributed by atoms with Crippen LogP contribution in [0.1, 0.15) is 13.8 Å². The number of para-hydroxylation sites is 1. The van der Waals surface area contributed by atoms with E-state index >= 15 is 0 Å². The van der Waals surface area contributed by atoms with E-state index in [0.717, 1.165) is 0 Å². The third-order valence-corrected chi connectivity index (χ3v) is 2.89. The average Bonchev–Trinajstić information content (AvgIpc) is 2.22. The maximum atomic E-state index is 13.4. The molecule has 0 saturated heterocycles. The number of hydrogen-bond acceptors (Lipinski definition) is 2. The van der Waals surface area contributed by atoms with Crippen molar-refractivity contribution in [2.45, 2.75) is 19.9 Å². The van der Waals surface area contributed by atoms with Crippen molar-refractivity contribution in [2.75, 3.05) is 5.32 Å². The third-order valence-electron chi connectivity index (χ3n) is 2.23. The fourth-order valence-corrected chi connectivity index (χ4v) is 1.57. The number of carbonyl (C=O) groups is 1. The maximum Gasteiger partial charge on any atom is 0.241 e. The Kier molecular flexibility index (Phi) is 4.44. The largest absolute Gasteiger partial charge is 0.321 e. The second kappa shape index (κ2) is 5.41. The van der Waals surface area contributed by atoms with E-state index in [-0.39, 0.29) is 17.5 Å². The van der Waals surface area contributed by atoms with Crippen LogP contribution in [0.3, 0.4) is 0 Å². The molecule has 0 aromatic heterocycles. The second-order valence-electron chi connectivity index (χ2n) is 3.86. The van der Waals surface area contributed by atoms with Gasteiger partial charge in [0.1, 0.15) is 5.82 Å². The summed E-state index contributed by atoms with van der Waals surface area (Å²) in [5.41, 5.74) is 5.79. The minimum atomic E-state index is -0.647. The molecule has 5 heteroatoms. The van der Waals surface area contributed by atoms with Gasteiger partial charge in [-0.2, -0.15) is 0 Å². The first-order chi connectivity index (χ1) is 7.43. The SMILES string of the molecule is CC(C)C(N)C(=O)Nc1c(F)cccc1Br. The van der Waals surface area contributed by atoms with Gasteiger partial charge in [0.05, 0.1) is 11.7 Å². The Labute approximate surface area is 102 Å². The van der Waals surface area contributed by atoms with Crippen molar-refractivity contribution in [3.05, 3.63) is 28.5 Å². The van der Waals surface area contributed by atoms with Crippen molar-refractivity contribution < 1.29 is 9.18 Å². The summed E-state index contributed by atoms with van der Waals surface area (Å²) in [5.74, 6) is -0.870. The summed E-state index contributed by atoms with van der Waals surface area (Å²) in [6.07, 6.45) is 0. The number of nitrogens with one attached hydrogen (secondary N) is 1. The van der Waals surface area contributed by atoms with Gasteiger partial charge in [-0.25, -0.2) is 4.39 Å². The molecule has 0 heterocycles. The van der Waals surface area contributed by atoms with Gasteiger partial charge < -0.3 is 11.1 Å². The van der Waals surface area contributed by atoms with E-state index in [2.05, 4.69) is 21.2 Å². The molecule has 0 bridgehead atoms. The number of benzene rings is 1. The average molecular weight is 289 g/mol. The number of hydrogen-bond donors (Lipinski definition) is 2. The van der Waals surface area contributed by atoms with Crippen LogP contribution in [-0.2, 0) is 4.79 Å². The molecule has 1 aromatic rings. The van der Waals surface area contributed by atoms with Gasteiger partial charge in [-0.1, -0.05) is 19.9 Å². The second-order valence-corrected chi connectivity index (χ2v) is 4.71. The van der Waals surface area contributed by atoms with Crippen molar-refractivity contribution in [2.24, 2.45) is 11.7 Å². The van der Waals surface area contributed by atoms with E-state index in [1.54, 1.807) is 12.1 Å². The number of rotatable bonds is 3. The highest BCUT2D eigenvalue weighted by molar-refractivity contribution is 9.10. The lowest BCUT2D eigenvalue weighted by Crippen LogP contribution is -2.40. The van der Waals surface area contributed by atoms with Crippen LogP contribution >= 0.6 is 15.9 Å². The zero-order chi connectivity index (χ0) is 12.3. The van der Waals surface area contributed by atoms with Gasteiger partial charge in [0.2, 0.25) is 5.91 Å². The zero-order valence-corrected chi connectivity index (χ0v) is 10.7. The standard InChI is InChI=1S/C11H14BrFN2O/c1-6(2)9(14)11(16)15-10-7(12)4-3-5-8(10)13/h3-6,9H,14H2,1-2H3,(H,15,16). The molecule has 1 atom stereocenters. The van der Waals surface area contributed by atoms with Gasteiger partial charge in [-0.15, -0.1) is 0 Å². The van der Waals surface area contributed by atoms with Crippen molar-refractivity contribution in [1.82, 2.24) is 0 Å². The molecule has 0 aliphatic rings. The van der Waals surface area contributed by atoms with Crippen molar-refractivity contribution in [3.8, 4) is 0 Å². The molecule has 1 amide bonds. The van der Waals surface area contributed by atoms with Crippen LogP contribution in [-0.4, -0.2) is 11.9 Å². The summed E-state index contributed by atoms with van der Waals surface area (Å²) < 4.78 is 13.9. The van der Waals surface area contributed by atoms with Crippen LogP contribution in [0.15, 0.2) is 22.7 Å². The molecule has 0 fully saturated rings. The Morgan fingerprint density at radius 3 is 2.62 bits per heavy atom. The van der Waals surface area contributed by atoms with Gasteiger partial charge >= 0.3 is 0 Å². The van der Waals surface area contributed by atoms with E-state index in [4.69, 9.17) is 5.73 Å². The number of carbonyl (C=O) groups excluding carboxylic acids is 1. The molecule has 0 aliphatic heterocycles. The number of amides is 1. The summed E-state index contributed by atoms with van der Waals surface area (Å²) >= 11 is 3.17. The molecule has 1 rings (SSSR count). The van der Waals surface area contributed by atoms with Crippen LogP contribution < -0.4 is 11.1 Å². The Bertz CT molecular complexity index is 375. The molecule has 1 unspecified atom stereocenters. The molecule has 0 saturated carbocycles. The number of anilines is 1. The third kappa shape index (κ3) is 3.02. The minimum absolute atomic E-state index is 0.00514. The van der Waals surface area contributed by atoms with Crippen LogP contribution in [0.2, 0.25) is 0 Å². The molecule has 3 nitrogen and oxygen atoms in total. The summed E-state index contributed by atoms with van der Waals surface area (Å²) in [4.78, 5) is 11.6. The lowest BCUT2D eigenvalue weighted by atomic mass is 10.0. The minimum Gasteiger partial charge on any atom is -0.321 e. The first kappa shape index (κ1) is 13.1. The predicted molar refractivity (Wildman–Crippen MR) is 65.5 cm³/mol. The monoisotopic (exact) mass is 288 g/mol. The first-order valence-electron chi connectivity index (χ1n) is 4.94. The van der Waals surface area contributed by atoms with Crippen LogP contribution in [0.5, 0.6) is 0 Å². The highest BCUT2D eigenvalue weighted by atomic mass is 79.9. The fourth-order valence-electron chi connectivity index (χ4n) is 1.13. The Balaban J connectivity index is 2.85. The van der Waals surface area contributed by atoms with Crippen molar-refractivity contribution in [3.63, 3.8) is 0 Å². The van der Waals surface area contributed by atoms with Crippen molar-refractivity contribution >= 4 is 27.5 Å². The quantitative estimate of drug-likeness (QED) is 0.898. The van der Waals surface area contributed by atoms with Gasteiger partial charge in [-0.3, -0.25) is 4.79 Å². The number of nitrogens with two attached hydrogens (primary N) is 1. The van der Waals surface area contributed by atoms with E-state index in [9.17, 15) is 9.18 Å². The molecule has 16 heavy (non-hydrogen) atoms. The number of halogens is 2. The lowest BCUT2D eigenvalue weighted by Gasteiger charge is -2.16. The molecule has 1 aromatic carbocycles. The Morgan fingerprint density at radius 1 is 1.50 bits per heavy atom. The zero-order valence-electron chi connectivity index (χ0n) is 9.13. The van der Waals surface area contributed by atoms with Gasteiger partial charge in [0.25, 0.3) is 0 Å². The molecule has 0 radical (unpaired) electrons. The predicted octanol–water partition coefficient (Wildman–Crippen LogP) is 2.51. The maximum absolute atomic E-state index is 13.4. The van der Waals surface area contributed by atoms with E-state index < -0.39 is 11.9 Å². The highest BCUT2D eigenvalue weighted by Crippen LogP contribution is 2.25. The normalized spacial score (nSPS) is 12.6. The van der Waals surface area contributed by atoms with Crippen LogP contribution in [0.4, 0.5) is 10.1 Å². The Hall–Kier alpha value is -0.940. The highest BCUT2D eigenvalue weighted by Gasteiger charge is 2.19. The van der Waals surface area contributed by atoms with Gasteiger partial charge in [-0.05, 0) is 34.0 Å². The summed E-state index contributed by atoms with van der Waals surface area (Å²) in [5, 5.41) is 2.47. The summed E-state index contributed by atoms with van der Waals surface area (Å²) in [6.45, 7) is 3.67. The molecular formula is C11H14BrFN2O. The Morgan fingerprint density at radius 2 is 2.12 bits per heavy atom. The van der Waals surface area contributed by atoms with E-state index in [0.29, 0.717) is 4.47 Å². The topological polar surface area (TPSA) is 55.1 Å². The molecular weight excluding hydrogens is 275 g/mol. The summed E-state index contributed by atoms with van der Waals surface area (Å²) in [7, 11) is 0. The van der Waals surface area contributed by atoms with Crippen molar-refractivity contribution in [1.29, 1.82) is 0 Å². The lowest BCUT2D eigenvalue weighted by molar-refractivity contribution is -0.118. The summed E-state index contributed by atoms with van der Waals surface area (Å²) in [6, 6.07) is 3.84. The van der Waals surface area contributed by atoms with Crippen LogP contribution in [0, 0.1) is 11.7 Å². The molecule has 0 spiro atoms. The smallest absolute Gasteiger partial charge is 0.241 e. The molecule has 3 N–H and O–H groups in total. The fraction of sp³-hybridized carbons (Fsp3) is 0.364. The van der Waals surface area contributed by atoms with E-state index in [1.807, 2.05) is 13.8 Å². The van der Waals surface area contributed by atoms with Gasteiger partial charge in [0.15, 0.2) is 0 Å². The molecule has 0 aliphatic carbocycles. The van der Waals surface area contributed by atoms with Gasteiger partial charge in [0, 0.05) is 4.47 Å². The first-order valence-corrected chi connectivity index (χ1v) is 5.73. The van der Waals surface area contributed by atoms with E-state index in [1.165, 1.54) is 6.07 Å².